The number of rotatable bonds is 3. The van der Waals surface area contributed by atoms with Gasteiger partial charge in [0.1, 0.15) is 11.5 Å². The van der Waals surface area contributed by atoms with Gasteiger partial charge in [-0.3, -0.25) is 0 Å². The Labute approximate surface area is 138 Å². The van der Waals surface area contributed by atoms with Crippen LogP contribution in [0, 0.1) is 0 Å². The molecular formula is C16H18N4O4. The lowest BCUT2D eigenvalue weighted by Crippen LogP contribution is -2.24. The van der Waals surface area contributed by atoms with E-state index in [0.717, 1.165) is 0 Å². The van der Waals surface area contributed by atoms with Crippen LogP contribution in [0.2, 0.25) is 0 Å². The SMILES string of the molecule is CNC(=O)Nc1ccc(-c2ccc(NC(=O)NC)c(O)c2)cc1O. The molecule has 24 heavy (non-hydrogen) atoms. The molecule has 0 bridgehead atoms. The molecule has 4 amide bonds. The molecule has 0 aliphatic heterocycles. The predicted molar refractivity (Wildman–Crippen MR) is 91.4 cm³/mol. The molecule has 0 saturated heterocycles. The number of urea groups is 2. The molecular weight excluding hydrogens is 312 g/mol. The monoisotopic (exact) mass is 330 g/mol. The van der Waals surface area contributed by atoms with Crippen LogP contribution in [0.1, 0.15) is 0 Å². The zero-order chi connectivity index (χ0) is 17.7. The van der Waals surface area contributed by atoms with E-state index >= 15 is 0 Å². The number of phenolic OH excluding ortho intramolecular Hbond substituents is 2. The summed E-state index contributed by atoms with van der Waals surface area (Å²) in [5, 5.41) is 29.7. The van der Waals surface area contributed by atoms with Gasteiger partial charge in [0.2, 0.25) is 0 Å². The van der Waals surface area contributed by atoms with Gasteiger partial charge in [0, 0.05) is 14.1 Å². The van der Waals surface area contributed by atoms with Gasteiger partial charge in [-0.25, -0.2) is 9.59 Å². The summed E-state index contributed by atoms with van der Waals surface area (Å²) in [5.41, 5.74) is 1.80. The number of carbonyl (C=O) groups excluding carboxylic acids is 2. The number of aromatic hydroxyl groups is 2. The van der Waals surface area contributed by atoms with E-state index in [1.807, 2.05) is 0 Å². The second-order valence-electron chi connectivity index (χ2n) is 4.87. The zero-order valence-corrected chi connectivity index (χ0v) is 13.2. The first kappa shape index (κ1) is 16.9. The van der Waals surface area contributed by atoms with Crippen molar-refractivity contribution in [3.8, 4) is 22.6 Å². The van der Waals surface area contributed by atoms with E-state index < -0.39 is 12.1 Å². The molecule has 0 radical (unpaired) electrons. The fourth-order valence-electron chi connectivity index (χ4n) is 2.00. The van der Waals surface area contributed by atoms with Crippen LogP contribution in [-0.4, -0.2) is 36.4 Å². The Kier molecular flexibility index (Phi) is 5.10. The first-order chi connectivity index (χ1) is 11.4. The summed E-state index contributed by atoms with van der Waals surface area (Å²) < 4.78 is 0. The lowest BCUT2D eigenvalue weighted by Gasteiger charge is -2.11. The molecule has 0 aromatic heterocycles. The van der Waals surface area contributed by atoms with Crippen molar-refractivity contribution in [3.63, 3.8) is 0 Å². The maximum Gasteiger partial charge on any atom is 0.319 e. The van der Waals surface area contributed by atoms with E-state index in [9.17, 15) is 19.8 Å². The highest BCUT2D eigenvalue weighted by Gasteiger charge is 2.10. The van der Waals surface area contributed by atoms with Crippen molar-refractivity contribution >= 4 is 23.4 Å². The largest absolute Gasteiger partial charge is 0.506 e. The van der Waals surface area contributed by atoms with Crippen molar-refractivity contribution in [2.75, 3.05) is 24.7 Å². The van der Waals surface area contributed by atoms with Crippen molar-refractivity contribution in [2.45, 2.75) is 0 Å². The molecule has 2 aromatic rings. The van der Waals surface area contributed by atoms with Crippen LogP contribution in [0.25, 0.3) is 11.1 Å². The number of hydrogen-bond donors (Lipinski definition) is 6. The van der Waals surface area contributed by atoms with Crippen molar-refractivity contribution in [1.29, 1.82) is 0 Å². The first-order valence-electron chi connectivity index (χ1n) is 7.08. The Morgan fingerprint density at radius 2 is 1.12 bits per heavy atom. The van der Waals surface area contributed by atoms with E-state index in [2.05, 4.69) is 21.3 Å². The molecule has 0 spiro atoms. The highest BCUT2D eigenvalue weighted by molar-refractivity contribution is 5.92. The summed E-state index contributed by atoms with van der Waals surface area (Å²) in [4.78, 5) is 22.6. The normalized spacial score (nSPS) is 9.92. The van der Waals surface area contributed by atoms with E-state index in [1.54, 1.807) is 24.3 Å². The zero-order valence-electron chi connectivity index (χ0n) is 13.2. The third kappa shape index (κ3) is 3.86. The summed E-state index contributed by atoms with van der Waals surface area (Å²) in [6.07, 6.45) is 0. The Bertz CT molecular complexity index is 711. The minimum Gasteiger partial charge on any atom is -0.506 e. The molecule has 2 aromatic carbocycles. The van der Waals surface area contributed by atoms with E-state index in [0.29, 0.717) is 11.1 Å². The third-order valence-electron chi connectivity index (χ3n) is 3.28. The summed E-state index contributed by atoms with van der Waals surface area (Å²) in [6.45, 7) is 0. The van der Waals surface area contributed by atoms with Gasteiger partial charge in [0.05, 0.1) is 11.4 Å². The average molecular weight is 330 g/mol. The maximum absolute atomic E-state index is 11.3. The number of carbonyl (C=O) groups is 2. The fourth-order valence-corrected chi connectivity index (χ4v) is 2.00. The number of nitrogens with one attached hydrogen (secondary N) is 4. The smallest absolute Gasteiger partial charge is 0.319 e. The van der Waals surface area contributed by atoms with E-state index in [1.165, 1.54) is 26.2 Å². The maximum atomic E-state index is 11.3. The van der Waals surface area contributed by atoms with Crippen LogP contribution < -0.4 is 21.3 Å². The third-order valence-corrected chi connectivity index (χ3v) is 3.28. The quantitative estimate of drug-likeness (QED) is 0.483. The molecule has 0 saturated carbocycles. The second kappa shape index (κ2) is 7.23. The number of benzene rings is 2. The summed E-state index contributed by atoms with van der Waals surface area (Å²) in [7, 11) is 2.94. The first-order valence-corrected chi connectivity index (χ1v) is 7.08. The van der Waals surface area contributed by atoms with Crippen molar-refractivity contribution in [1.82, 2.24) is 10.6 Å². The Morgan fingerprint density at radius 3 is 1.42 bits per heavy atom. The minimum absolute atomic E-state index is 0.108. The van der Waals surface area contributed by atoms with Crippen molar-refractivity contribution in [2.24, 2.45) is 0 Å². The van der Waals surface area contributed by atoms with E-state index in [4.69, 9.17) is 0 Å². The molecule has 8 heteroatoms. The topological polar surface area (TPSA) is 123 Å². The van der Waals surface area contributed by atoms with Gasteiger partial charge in [-0.1, -0.05) is 12.1 Å². The second-order valence-corrected chi connectivity index (χ2v) is 4.87. The molecule has 0 heterocycles. The molecule has 8 nitrogen and oxygen atoms in total. The number of hydrogen-bond acceptors (Lipinski definition) is 4. The highest BCUT2D eigenvalue weighted by atomic mass is 16.3. The molecule has 0 aliphatic carbocycles. The van der Waals surface area contributed by atoms with Gasteiger partial charge >= 0.3 is 12.1 Å². The summed E-state index contributed by atoms with van der Waals surface area (Å²) >= 11 is 0. The Hall–Kier alpha value is -3.42. The summed E-state index contributed by atoms with van der Waals surface area (Å²) in [6, 6.07) is 8.51. The van der Waals surface area contributed by atoms with Crippen LogP contribution in [0.4, 0.5) is 21.0 Å². The van der Waals surface area contributed by atoms with E-state index in [-0.39, 0.29) is 22.9 Å². The lowest BCUT2D eigenvalue weighted by molar-refractivity contribution is 0.253. The predicted octanol–water partition coefficient (Wildman–Crippen LogP) is 2.27. The summed E-state index contributed by atoms with van der Waals surface area (Å²) in [5.74, 6) is -0.216. The number of phenols is 2. The molecule has 2 rings (SSSR count). The highest BCUT2D eigenvalue weighted by Crippen LogP contribution is 2.33. The Balaban J connectivity index is 2.25. The molecule has 6 N–H and O–H groups in total. The van der Waals surface area contributed by atoms with Gasteiger partial charge in [0.25, 0.3) is 0 Å². The van der Waals surface area contributed by atoms with Gasteiger partial charge in [0.15, 0.2) is 0 Å². The molecule has 126 valence electrons. The van der Waals surface area contributed by atoms with Gasteiger partial charge in [-0.2, -0.15) is 0 Å². The van der Waals surface area contributed by atoms with Gasteiger partial charge < -0.3 is 31.5 Å². The number of amides is 4. The number of anilines is 2. The fraction of sp³-hybridized carbons (Fsp3) is 0.125. The van der Waals surface area contributed by atoms with Crippen molar-refractivity contribution in [3.05, 3.63) is 36.4 Å². The molecule has 0 fully saturated rings. The van der Waals surface area contributed by atoms with Crippen LogP contribution in [0.15, 0.2) is 36.4 Å². The standard InChI is InChI=1S/C16H18N4O4/c1-17-15(23)19-11-5-3-9(7-13(11)21)10-4-6-12(14(22)8-10)20-16(24)18-2/h3-8,21-22H,1-2H3,(H2,17,19,23)(H2,18,20,24). The van der Waals surface area contributed by atoms with Crippen LogP contribution in [0.5, 0.6) is 11.5 Å². The minimum atomic E-state index is -0.444. The van der Waals surface area contributed by atoms with Crippen LogP contribution >= 0.6 is 0 Å². The van der Waals surface area contributed by atoms with Crippen LogP contribution in [-0.2, 0) is 0 Å². The van der Waals surface area contributed by atoms with Gasteiger partial charge in [-0.05, 0) is 35.4 Å². The molecule has 0 unspecified atom stereocenters. The van der Waals surface area contributed by atoms with Gasteiger partial charge in [-0.15, -0.1) is 0 Å². The lowest BCUT2D eigenvalue weighted by atomic mass is 10.0. The molecule has 0 atom stereocenters. The molecule has 0 aliphatic rings. The Morgan fingerprint density at radius 1 is 0.750 bits per heavy atom. The van der Waals surface area contributed by atoms with Crippen LogP contribution in [0.3, 0.4) is 0 Å². The van der Waals surface area contributed by atoms with Crippen molar-refractivity contribution < 1.29 is 19.8 Å². The average Bonchev–Trinajstić information content (AvgIpc) is 2.58.